The van der Waals surface area contributed by atoms with Gasteiger partial charge < -0.3 is 14.8 Å². The van der Waals surface area contributed by atoms with Crippen LogP contribution in [0.2, 0.25) is 0 Å². The summed E-state index contributed by atoms with van der Waals surface area (Å²) in [5.74, 6) is 0. The van der Waals surface area contributed by atoms with E-state index in [0.29, 0.717) is 6.04 Å². The molecule has 112 valence electrons. The molecule has 1 spiro atoms. The molecule has 2 aliphatic rings. The van der Waals surface area contributed by atoms with E-state index in [1.807, 2.05) is 10.9 Å². The average molecular weight is 279 g/mol. The van der Waals surface area contributed by atoms with Gasteiger partial charge in [0.15, 0.2) is 0 Å². The van der Waals surface area contributed by atoms with Gasteiger partial charge in [-0.3, -0.25) is 4.68 Å². The first kappa shape index (κ1) is 14.0. The second-order valence-corrected chi connectivity index (χ2v) is 6.07. The molecule has 20 heavy (non-hydrogen) atoms. The van der Waals surface area contributed by atoms with Crippen molar-refractivity contribution in [2.75, 3.05) is 26.4 Å². The maximum absolute atomic E-state index is 6.07. The summed E-state index contributed by atoms with van der Waals surface area (Å²) in [5.41, 5.74) is 1.30. The van der Waals surface area contributed by atoms with Crippen molar-refractivity contribution in [3.8, 4) is 0 Å². The number of hydrogen-bond acceptors (Lipinski definition) is 4. The van der Waals surface area contributed by atoms with Crippen molar-refractivity contribution in [1.29, 1.82) is 0 Å². The van der Waals surface area contributed by atoms with Gasteiger partial charge in [0.1, 0.15) is 0 Å². The minimum Gasteiger partial charge on any atom is -0.381 e. The molecule has 0 aliphatic carbocycles. The molecule has 1 atom stereocenters. The first-order valence-electron chi connectivity index (χ1n) is 7.70. The van der Waals surface area contributed by atoms with Gasteiger partial charge in [0.2, 0.25) is 0 Å². The van der Waals surface area contributed by atoms with Gasteiger partial charge >= 0.3 is 0 Å². The summed E-state index contributed by atoms with van der Waals surface area (Å²) in [6.07, 6.45) is 8.32. The van der Waals surface area contributed by atoms with Gasteiger partial charge in [0.25, 0.3) is 0 Å². The molecule has 3 heterocycles. The summed E-state index contributed by atoms with van der Waals surface area (Å²) in [6.45, 7) is 6.54. The van der Waals surface area contributed by atoms with Crippen molar-refractivity contribution < 1.29 is 9.47 Å². The normalized spacial score (nSPS) is 25.9. The number of nitrogens with one attached hydrogen (secondary N) is 1. The molecule has 2 aliphatic heterocycles. The lowest BCUT2D eigenvalue weighted by Gasteiger charge is -2.43. The molecule has 2 fully saturated rings. The SMILES string of the molecule is Cc1cnn(CCNC2CCOC3(CCOCC3)C2)c1. The van der Waals surface area contributed by atoms with E-state index in [-0.39, 0.29) is 5.60 Å². The minimum atomic E-state index is 0.0798. The highest BCUT2D eigenvalue weighted by Gasteiger charge is 2.38. The summed E-state index contributed by atoms with van der Waals surface area (Å²) >= 11 is 0. The van der Waals surface area contributed by atoms with Crippen LogP contribution in [-0.2, 0) is 16.0 Å². The Balaban J connectivity index is 1.45. The first-order valence-corrected chi connectivity index (χ1v) is 7.70. The van der Waals surface area contributed by atoms with Crippen LogP contribution in [0.3, 0.4) is 0 Å². The van der Waals surface area contributed by atoms with Crippen LogP contribution >= 0.6 is 0 Å². The molecule has 5 heteroatoms. The number of aromatic nitrogens is 2. The Hall–Kier alpha value is -0.910. The van der Waals surface area contributed by atoms with Crippen molar-refractivity contribution in [1.82, 2.24) is 15.1 Å². The second-order valence-electron chi connectivity index (χ2n) is 6.07. The molecule has 0 amide bonds. The smallest absolute Gasteiger partial charge is 0.0741 e. The maximum atomic E-state index is 6.07. The van der Waals surface area contributed by atoms with Crippen molar-refractivity contribution >= 4 is 0 Å². The molecular formula is C15H25N3O2. The quantitative estimate of drug-likeness (QED) is 0.907. The molecule has 0 radical (unpaired) electrons. The summed E-state index contributed by atoms with van der Waals surface area (Å²) in [6, 6.07) is 0.568. The standard InChI is InChI=1S/C15H25N3O2/c1-13-11-17-18(12-13)6-5-16-14-2-7-20-15(10-14)3-8-19-9-4-15/h11-12,14,16H,2-10H2,1H3. The highest BCUT2D eigenvalue weighted by Crippen LogP contribution is 2.34. The molecule has 1 unspecified atom stereocenters. The van der Waals surface area contributed by atoms with Gasteiger partial charge in [-0.25, -0.2) is 0 Å². The van der Waals surface area contributed by atoms with E-state index in [0.717, 1.165) is 58.6 Å². The lowest BCUT2D eigenvalue weighted by Crippen LogP contribution is -2.50. The third-order valence-electron chi connectivity index (χ3n) is 4.43. The van der Waals surface area contributed by atoms with Gasteiger partial charge in [-0.15, -0.1) is 0 Å². The van der Waals surface area contributed by atoms with Gasteiger partial charge in [0.05, 0.1) is 18.3 Å². The first-order chi connectivity index (χ1) is 9.76. The van der Waals surface area contributed by atoms with Crippen LogP contribution in [0, 0.1) is 6.92 Å². The molecule has 0 aromatic carbocycles. The summed E-state index contributed by atoms with van der Waals surface area (Å²) < 4.78 is 13.5. The summed E-state index contributed by atoms with van der Waals surface area (Å²) in [7, 11) is 0. The van der Waals surface area contributed by atoms with E-state index in [9.17, 15) is 0 Å². The maximum Gasteiger partial charge on any atom is 0.0741 e. The van der Waals surface area contributed by atoms with Gasteiger partial charge in [-0.1, -0.05) is 0 Å². The second kappa shape index (κ2) is 6.24. The van der Waals surface area contributed by atoms with E-state index in [2.05, 4.69) is 23.5 Å². The van der Waals surface area contributed by atoms with Crippen LogP contribution in [-0.4, -0.2) is 47.8 Å². The number of aryl methyl sites for hydroxylation is 1. The van der Waals surface area contributed by atoms with Crippen molar-refractivity contribution in [3.05, 3.63) is 18.0 Å². The van der Waals surface area contributed by atoms with Gasteiger partial charge in [-0.05, 0) is 38.2 Å². The molecule has 1 aromatic heterocycles. The van der Waals surface area contributed by atoms with E-state index in [1.54, 1.807) is 0 Å². The summed E-state index contributed by atoms with van der Waals surface area (Å²) in [4.78, 5) is 0. The molecule has 0 bridgehead atoms. The van der Waals surface area contributed by atoms with E-state index < -0.39 is 0 Å². The largest absolute Gasteiger partial charge is 0.381 e. The third-order valence-corrected chi connectivity index (χ3v) is 4.43. The fourth-order valence-electron chi connectivity index (χ4n) is 3.27. The lowest BCUT2D eigenvalue weighted by atomic mass is 9.84. The molecule has 1 N–H and O–H groups in total. The Morgan fingerprint density at radius 2 is 2.25 bits per heavy atom. The van der Waals surface area contributed by atoms with E-state index in [4.69, 9.17) is 9.47 Å². The predicted octanol–water partition coefficient (Wildman–Crippen LogP) is 1.51. The number of nitrogens with zero attached hydrogens (tertiary/aromatic N) is 2. The monoisotopic (exact) mass is 279 g/mol. The highest BCUT2D eigenvalue weighted by molar-refractivity contribution is 4.99. The Kier molecular flexibility index (Phi) is 4.38. The molecule has 2 saturated heterocycles. The zero-order chi connectivity index (χ0) is 13.8. The number of hydrogen-bond donors (Lipinski definition) is 1. The fourth-order valence-corrected chi connectivity index (χ4v) is 3.27. The molecular weight excluding hydrogens is 254 g/mol. The Labute approximate surface area is 120 Å². The topological polar surface area (TPSA) is 48.3 Å². The van der Waals surface area contributed by atoms with Crippen LogP contribution in [0.25, 0.3) is 0 Å². The van der Waals surface area contributed by atoms with E-state index in [1.165, 1.54) is 5.56 Å². The van der Waals surface area contributed by atoms with Crippen LogP contribution in [0.5, 0.6) is 0 Å². The van der Waals surface area contributed by atoms with Crippen LogP contribution in [0.4, 0.5) is 0 Å². The third kappa shape index (κ3) is 3.40. The van der Waals surface area contributed by atoms with Gasteiger partial charge in [-0.2, -0.15) is 5.10 Å². The van der Waals surface area contributed by atoms with Crippen LogP contribution < -0.4 is 5.32 Å². The zero-order valence-electron chi connectivity index (χ0n) is 12.3. The van der Waals surface area contributed by atoms with E-state index >= 15 is 0 Å². The molecule has 0 saturated carbocycles. The molecule has 1 aromatic rings. The van der Waals surface area contributed by atoms with Crippen LogP contribution in [0.15, 0.2) is 12.4 Å². The van der Waals surface area contributed by atoms with Crippen molar-refractivity contribution in [3.63, 3.8) is 0 Å². The van der Waals surface area contributed by atoms with Crippen LogP contribution in [0.1, 0.15) is 31.2 Å². The summed E-state index contributed by atoms with van der Waals surface area (Å²) in [5, 5.41) is 7.99. The predicted molar refractivity (Wildman–Crippen MR) is 76.7 cm³/mol. The Morgan fingerprint density at radius 1 is 1.40 bits per heavy atom. The fraction of sp³-hybridized carbons (Fsp3) is 0.800. The average Bonchev–Trinajstić information content (AvgIpc) is 2.86. The van der Waals surface area contributed by atoms with Crippen molar-refractivity contribution in [2.45, 2.75) is 50.8 Å². The van der Waals surface area contributed by atoms with Crippen molar-refractivity contribution in [2.24, 2.45) is 0 Å². The zero-order valence-corrected chi connectivity index (χ0v) is 12.3. The lowest BCUT2D eigenvalue weighted by molar-refractivity contribution is -0.140. The number of ether oxygens (including phenoxy) is 2. The molecule has 3 rings (SSSR count). The Morgan fingerprint density at radius 3 is 3.00 bits per heavy atom. The van der Waals surface area contributed by atoms with Gasteiger partial charge in [0, 0.05) is 38.6 Å². The highest BCUT2D eigenvalue weighted by atomic mass is 16.5. The Bertz CT molecular complexity index is 421. The molecule has 5 nitrogen and oxygen atoms in total. The number of rotatable bonds is 4. The minimum absolute atomic E-state index is 0.0798.